The summed E-state index contributed by atoms with van der Waals surface area (Å²) in [7, 11) is 0. The van der Waals surface area contributed by atoms with E-state index in [1.165, 1.54) is 0 Å². The van der Waals surface area contributed by atoms with E-state index >= 15 is 0 Å². The van der Waals surface area contributed by atoms with Crippen molar-refractivity contribution in [2.45, 2.75) is 96.1 Å². The monoisotopic (exact) mass is 290 g/mol. The van der Waals surface area contributed by atoms with Crippen molar-refractivity contribution in [2.24, 2.45) is 0 Å². The maximum atomic E-state index is 8.16. The van der Waals surface area contributed by atoms with Crippen molar-refractivity contribution in [3.63, 3.8) is 0 Å². The molecule has 17 heavy (non-hydrogen) atoms. The first-order chi connectivity index (χ1) is 20.8. The van der Waals surface area contributed by atoms with E-state index in [0.717, 1.165) is 0 Å². The van der Waals surface area contributed by atoms with Crippen LogP contribution in [-0.2, 0) is 12.6 Å². The Labute approximate surface area is 162 Å². The average Bonchev–Trinajstić information content (AvgIpc) is 2.85. The van der Waals surface area contributed by atoms with Crippen LogP contribution in [0.5, 0.6) is 0 Å². The average molecular weight is 291 g/mol. The van der Waals surface area contributed by atoms with Crippen LogP contribution in [0, 0.1) is 0 Å². The van der Waals surface area contributed by atoms with Gasteiger partial charge >= 0.3 is 0 Å². The summed E-state index contributed by atoms with van der Waals surface area (Å²) in [5.74, 6) is 0. The van der Waals surface area contributed by atoms with E-state index in [-0.39, 0.29) is 0 Å². The molecule has 0 rings (SSSR count). The SMILES string of the molecule is [2H]C([2H])([2H])C([2H])([2H])C([2H])([2H])C([2H])([2H])C([2H])([2H])C([2H])([2H])C([2H])([2H])C([2H])([2H])C([2H])([2H])C([2H])([2H])C([2H])([2H])C([2H])([2H])C([2H])([2H])C([2H])([2H])C([2H])([2H])C([2H])([2H])[S-]. The van der Waals surface area contributed by atoms with E-state index in [1.54, 1.807) is 0 Å². The van der Waals surface area contributed by atoms with E-state index in [0.29, 0.717) is 0 Å². The molecule has 0 saturated heterocycles. The maximum Gasteiger partial charge on any atom is 0.0267 e. The Bertz CT molecular complexity index is 1150. The van der Waals surface area contributed by atoms with Crippen molar-refractivity contribution in [2.75, 3.05) is 5.70 Å². The Balaban J connectivity index is 7.70. The van der Waals surface area contributed by atoms with Gasteiger partial charge in [0.1, 0.15) is 0 Å². The highest BCUT2D eigenvalue weighted by Gasteiger charge is 1.92. The second kappa shape index (κ2) is 16.4. The van der Waals surface area contributed by atoms with Crippen molar-refractivity contribution in [1.29, 1.82) is 0 Å². The molecule has 104 valence electrons. The van der Waals surface area contributed by atoms with Crippen molar-refractivity contribution in [3.05, 3.63) is 0 Å². The molecule has 0 fully saturated rings. The van der Waals surface area contributed by atoms with Gasteiger partial charge in [0, 0.05) is 42.5 Å². The van der Waals surface area contributed by atoms with Crippen LogP contribution in [0.1, 0.15) is 141 Å². The second-order valence-electron chi connectivity index (χ2n) is 1.85. The van der Waals surface area contributed by atoms with Gasteiger partial charge in [-0.15, -0.1) is 0 Å². The maximum absolute atomic E-state index is 8.16. The molecular weight excluding hydrogens is 224 g/mol. The van der Waals surface area contributed by atoms with Gasteiger partial charge < -0.3 is 12.6 Å². The minimum atomic E-state index is -5.12. The van der Waals surface area contributed by atoms with Crippen LogP contribution in [0.15, 0.2) is 0 Å². The van der Waals surface area contributed by atoms with Gasteiger partial charge in [0.25, 0.3) is 0 Å². The van der Waals surface area contributed by atoms with Gasteiger partial charge in [0.05, 0.1) is 0 Å². The fourth-order valence-electron chi connectivity index (χ4n) is 0.401. The van der Waals surface area contributed by atoms with Gasteiger partial charge in [-0.2, -0.15) is 5.70 Å². The highest BCUT2D eigenvalue weighted by molar-refractivity contribution is 7.58. The molecule has 0 bridgehead atoms. The minimum Gasteiger partial charge on any atom is -0.793 e. The zero-order valence-electron chi connectivity index (χ0n) is 41.4. The molecule has 0 unspecified atom stereocenters. The summed E-state index contributed by atoms with van der Waals surface area (Å²) in [6.07, 6.45) is -67.9. The molecule has 0 aromatic carbocycles. The molecule has 0 heterocycles. The summed E-state index contributed by atoms with van der Waals surface area (Å²) in [5, 5.41) is 0. The van der Waals surface area contributed by atoms with Crippen LogP contribution < -0.4 is 0 Å². The lowest BCUT2D eigenvalue weighted by Gasteiger charge is -2.04. The van der Waals surface area contributed by atoms with Crippen LogP contribution in [0.2, 0.25) is 0 Å². The topological polar surface area (TPSA) is 0 Å². The highest BCUT2D eigenvalue weighted by atomic mass is 32.1. The highest BCUT2D eigenvalue weighted by Crippen LogP contribution is 2.12. The molecule has 1 heteroatoms. The van der Waals surface area contributed by atoms with Gasteiger partial charge in [0.15, 0.2) is 0 Å². The Morgan fingerprint density at radius 3 is 1.35 bits per heavy atom. The zero-order chi connectivity index (χ0) is 42.0. The van der Waals surface area contributed by atoms with E-state index in [4.69, 9.17) is 45.2 Å². The molecule has 0 aliphatic rings. The van der Waals surface area contributed by atoms with Crippen molar-refractivity contribution in [3.8, 4) is 0 Å². The van der Waals surface area contributed by atoms with Crippen LogP contribution in [0.4, 0.5) is 0 Å². The smallest absolute Gasteiger partial charge is 0.0267 e. The predicted molar refractivity (Wildman–Crippen MR) is 82.5 cm³/mol. The lowest BCUT2D eigenvalue weighted by atomic mass is 10.0. The molecule has 0 aromatic heterocycles. The third-order valence-corrected chi connectivity index (χ3v) is 0.966. The van der Waals surface area contributed by atoms with Crippen LogP contribution in [0.3, 0.4) is 0 Å². The quantitative estimate of drug-likeness (QED) is 0.353. The molecule has 0 aliphatic heterocycles. The summed E-state index contributed by atoms with van der Waals surface area (Å²) in [4.78, 5) is 0. The Morgan fingerprint density at radius 2 is 1.00 bits per heavy atom. The largest absolute Gasteiger partial charge is 0.793 e. The summed E-state index contributed by atoms with van der Waals surface area (Å²) < 4.78 is 260. The van der Waals surface area contributed by atoms with Crippen LogP contribution in [0.25, 0.3) is 0 Å². The number of hydrogen-bond donors (Lipinski definition) is 0. The molecule has 0 saturated carbocycles. The first-order valence-corrected chi connectivity index (χ1v) is 4.36. The first kappa shape index (κ1) is 1.90. The lowest BCUT2D eigenvalue weighted by Crippen LogP contribution is -1.84. The van der Waals surface area contributed by atoms with Crippen molar-refractivity contribution >= 4 is 12.6 Å². The molecule has 0 N–H and O–H groups in total. The Morgan fingerprint density at radius 1 is 0.647 bits per heavy atom. The van der Waals surface area contributed by atoms with E-state index < -0.39 is 102 Å². The van der Waals surface area contributed by atoms with Crippen molar-refractivity contribution < 1.29 is 45.2 Å². The molecule has 0 radical (unpaired) electrons. The van der Waals surface area contributed by atoms with Gasteiger partial charge in [0.2, 0.25) is 0 Å². The molecule has 0 spiro atoms. The molecule has 0 aromatic rings. The summed E-state index contributed by atoms with van der Waals surface area (Å²) >= 11 is 4.17. The summed E-state index contributed by atoms with van der Waals surface area (Å²) in [6.45, 7) is -4.10. The third kappa shape index (κ3) is 16.4. The fraction of sp³-hybridized carbons (Fsp3) is 1.00. The third-order valence-electron chi connectivity index (χ3n) is 0.864. The standard InChI is InChI=1S/C16H34S/c1-2-3-4-5-6-7-8-9-10-11-12-13-14-15-16-17/h17H,2-16H2,1H3/p-1/i1D3,2D2,3D2,4D2,5D2,6D2,7D2,8D2,9D2,10D2,11D2,12D2,13D2,14D2,15D2,16D2. The summed E-state index contributed by atoms with van der Waals surface area (Å²) in [5.41, 5.74) is -3.78. The van der Waals surface area contributed by atoms with Crippen LogP contribution in [-0.4, -0.2) is 5.70 Å². The van der Waals surface area contributed by atoms with E-state index in [9.17, 15) is 0 Å². The molecule has 0 atom stereocenters. The van der Waals surface area contributed by atoms with Gasteiger partial charge in [-0.05, 0) is 2.74 Å². The van der Waals surface area contributed by atoms with Gasteiger partial charge in [-0.1, -0.05) is 96.1 Å². The second-order valence-corrected chi connectivity index (χ2v) is 2.06. The number of rotatable bonds is 14. The molecule has 0 amide bonds. The first-order valence-electron chi connectivity index (χ1n) is 20.5. The van der Waals surface area contributed by atoms with Gasteiger partial charge in [-0.25, -0.2) is 0 Å². The predicted octanol–water partition coefficient (Wildman–Crippen LogP) is 6.01. The van der Waals surface area contributed by atoms with Crippen LogP contribution >= 0.6 is 0 Å². The van der Waals surface area contributed by atoms with E-state index in [1.807, 2.05) is 0 Å². The number of hydrogen-bond acceptors (Lipinski definition) is 1. The zero-order valence-corrected chi connectivity index (χ0v) is 9.22. The Kier molecular flexibility index (Phi) is 1.83. The van der Waals surface area contributed by atoms with Crippen molar-refractivity contribution in [1.82, 2.24) is 0 Å². The fourth-order valence-corrected chi connectivity index (χ4v) is 0.452. The Hall–Kier alpha value is 0.350. The molecule has 0 nitrogen and oxygen atoms in total. The lowest BCUT2D eigenvalue weighted by molar-refractivity contribution is 0.538. The van der Waals surface area contributed by atoms with Gasteiger partial charge in [-0.3, -0.25) is 0 Å². The minimum absolute atomic E-state index is 3.78. The normalized spacial score (nSPS) is 53.1. The van der Waals surface area contributed by atoms with E-state index in [2.05, 4.69) is 12.6 Å². The molecular formula is C16H33S-. The molecule has 0 aliphatic carbocycles. The summed E-state index contributed by atoms with van der Waals surface area (Å²) in [6, 6.07) is 0.